The highest BCUT2D eigenvalue weighted by molar-refractivity contribution is 9.10. The number of halogens is 1. The number of Topliss-reactive ketones (excluding diaryl/α,β-unsaturated/α-hetero) is 1. The minimum atomic E-state index is 0.0629. The van der Waals surface area contributed by atoms with E-state index in [9.17, 15) is 4.79 Å². The molecule has 17 heavy (non-hydrogen) atoms. The van der Waals surface area contributed by atoms with Crippen LogP contribution in [0, 0.1) is 6.92 Å². The molecule has 0 spiro atoms. The van der Waals surface area contributed by atoms with Gasteiger partial charge in [-0.1, -0.05) is 27.7 Å². The van der Waals surface area contributed by atoms with Crippen molar-refractivity contribution in [1.29, 1.82) is 0 Å². The molecular weight excluding hydrogens is 300 g/mol. The second-order valence-corrected chi connectivity index (χ2v) is 5.61. The predicted molar refractivity (Wildman–Crippen MR) is 71.7 cm³/mol. The maximum absolute atomic E-state index is 11.3. The molecule has 0 radical (unpaired) electrons. The highest BCUT2D eigenvalue weighted by Crippen LogP contribution is 2.33. The summed E-state index contributed by atoms with van der Waals surface area (Å²) in [6.07, 6.45) is 1.68. The Hall–Kier alpha value is -1.00. The Labute approximate surface area is 113 Å². The summed E-state index contributed by atoms with van der Waals surface area (Å²) in [4.78, 5) is 13.5. The maximum atomic E-state index is 11.3. The number of hydrogen-bond acceptors (Lipinski definition) is 3. The summed E-state index contributed by atoms with van der Waals surface area (Å²) >= 11 is 5.03. The lowest BCUT2D eigenvalue weighted by Crippen LogP contribution is -1.93. The van der Waals surface area contributed by atoms with Crippen LogP contribution in [-0.4, -0.2) is 5.78 Å². The molecule has 2 rings (SSSR count). The van der Waals surface area contributed by atoms with Crippen molar-refractivity contribution >= 4 is 33.5 Å². The molecule has 1 heterocycles. The van der Waals surface area contributed by atoms with Gasteiger partial charge in [-0.3, -0.25) is 4.79 Å². The number of rotatable bonds is 3. The molecule has 0 atom stereocenters. The smallest absolute Gasteiger partial charge is 0.160 e. The van der Waals surface area contributed by atoms with Gasteiger partial charge in [0.05, 0.1) is 11.2 Å². The van der Waals surface area contributed by atoms with Crippen LogP contribution in [0.3, 0.4) is 0 Å². The van der Waals surface area contributed by atoms with Gasteiger partial charge in [0.15, 0.2) is 5.78 Å². The zero-order chi connectivity index (χ0) is 12.4. The van der Waals surface area contributed by atoms with Gasteiger partial charge in [-0.15, -0.1) is 0 Å². The topological polar surface area (TPSA) is 30.2 Å². The lowest BCUT2D eigenvalue weighted by atomic mass is 10.2. The minimum absolute atomic E-state index is 0.0629. The zero-order valence-electron chi connectivity index (χ0n) is 9.49. The molecule has 0 aliphatic carbocycles. The lowest BCUT2D eigenvalue weighted by Gasteiger charge is -2.04. The molecule has 0 N–H and O–H groups in total. The number of ketones is 1. The Kier molecular flexibility index (Phi) is 3.74. The van der Waals surface area contributed by atoms with E-state index in [1.54, 1.807) is 24.9 Å². The number of aryl methyl sites for hydroxylation is 1. The lowest BCUT2D eigenvalue weighted by molar-refractivity contribution is 0.101. The molecule has 0 saturated carbocycles. The standard InChI is InChI=1S/C13H11BrO2S/c1-8(15)11-4-3-10(7-12(11)14)17-13-5-6-16-9(13)2/h3-7H,1-2H3. The number of benzene rings is 1. The quantitative estimate of drug-likeness (QED) is 0.769. The van der Waals surface area contributed by atoms with Gasteiger partial charge in [0.2, 0.25) is 0 Å². The molecule has 0 saturated heterocycles. The Morgan fingerprint density at radius 2 is 2.12 bits per heavy atom. The van der Waals surface area contributed by atoms with Crippen LogP contribution >= 0.6 is 27.7 Å². The van der Waals surface area contributed by atoms with Gasteiger partial charge in [0, 0.05) is 14.9 Å². The fourth-order valence-corrected chi connectivity index (χ4v) is 3.14. The molecule has 0 aliphatic heterocycles. The fraction of sp³-hybridized carbons (Fsp3) is 0.154. The second kappa shape index (κ2) is 5.10. The highest BCUT2D eigenvalue weighted by atomic mass is 79.9. The van der Waals surface area contributed by atoms with Gasteiger partial charge >= 0.3 is 0 Å². The van der Waals surface area contributed by atoms with Crippen LogP contribution in [0.25, 0.3) is 0 Å². The van der Waals surface area contributed by atoms with E-state index in [4.69, 9.17) is 4.42 Å². The number of carbonyl (C=O) groups excluding carboxylic acids is 1. The van der Waals surface area contributed by atoms with Crippen LogP contribution < -0.4 is 0 Å². The summed E-state index contributed by atoms with van der Waals surface area (Å²) in [5.41, 5.74) is 0.707. The third-order valence-corrected chi connectivity index (χ3v) is 4.15. The predicted octanol–water partition coefficient (Wildman–Crippen LogP) is 4.70. The molecule has 1 aromatic heterocycles. The Balaban J connectivity index is 2.27. The van der Waals surface area contributed by atoms with Crippen LogP contribution in [0.5, 0.6) is 0 Å². The van der Waals surface area contributed by atoms with Crippen molar-refractivity contribution < 1.29 is 9.21 Å². The average molecular weight is 311 g/mol. The second-order valence-electron chi connectivity index (χ2n) is 3.64. The van der Waals surface area contributed by atoms with Crippen LogP contribution in [0.4, 0.5) is 0 Å². The summed E-state index contributed by atoms with van der Waals surface area (Å²) < 4.78 is 6.07. The summed E-state index contributed by atoms with van der Waals surface area (Å²) in [5.74, 6) is 0.967. The van der Waals surface area contributed by atoms with E-state index in [2.05, 4.69) is 15.9 Å². The number of furan rings is 1. The van der Waals surface area contributed by atoms with Crippen molar-refractivity contribution in [2.24, 2.45) is 0 Å². The van der Waals surface area contributed by atoms with E-state index < -0.39 is 0 Å². The monoisotopic (exact) mass is 310 g/mol. The third-order valence-electron chi connectivity index (χ3n) is 2.36. The molecule has 2 nitrogen and oxygen atoms in total. The summed E-state index contributed by atoms with van der Waals surface area (Å²) in [7, 11) is 0. The molecule has 4 heteroatoms. The highest BCUT2D eigenvalue weighted by Gasteiger charge is 2.08. The Morgan fingerprint density at radius 3 is 2.65 bits per heavy atom. The summed E-state index contributed by atoms with van der Waals surface area (Å²) in [6.45, 7) is 3.49. The third kappa shape index (κ3) is 2.82. The van der Waals surface area contributed by atoms with Crippen LogP contribution in [0.15, 0.2) is 49.2 Å². The van der Waals surface area contributed by atoms with Crippen LogP contribution in [0.2, 0.25) is 0 Å². The molecule has 88 valence electrons. The van der Waals surface area contributed by atoms with Crippen LogP contribution in [0.1, 0.15) is 23.0 Å². The van der Waals surface area contributed by atoms with Gasteiger partial charge in [0.1, 0.15) is 5.76 Å². The molecule has 2 aromatic rings. The molecule has 0 unspecified atom stereocenters. The molecule has 0 bridgehead atoms. The number of hydrogen-bond donors (Lipinski definition) is 0. The van der Waals surface area contributed by atoms with Crippen LogP contribution in [-0.2, 0) is 0 Å². The van der Waals surface area contributed by atoms with Crippen molar-refractivity contribution in [3.63, 3.8) is 0 Å². The summed E-state index contributed by atoms with van der Waals surface area (Å²) in [6, 6.07) is 7.67. The van der Waals surface area contributed by atoms with E-state index in [1.165, 1.54) is 0 Å². The van der Waals surface area contributed by atoms with E-state index >= 15 is 0 Å². The first-order valence-corrected chi connectivity index (χ1v) is 6.71. The average Bonchev–Trinajstić information content (AvgIpc) is 2.64. The van der Waals surface area contributed by atoms with Crippen molar-refractivity contribution in [3.8, 4) is 0 Å². The summed E-state index contributed by atoms with van der Waals surface area (Å²) in [5, 5.41) is 0. The fourth-order valence-electron chi connectivity index (χ4n) is 1.45. The van der Waals surface area contributed by atoms with E-state index in [0.29, 0.717) is 5.56 Å². The zero-order valence-corrected chi connectivity index (χ0v) is 11.9. The van der Waals surface area contributed by atoms with E-state index in [0.717, 1.165) is 20.0 Å². The first-order valence-electron chi connectivity index (χ1n) is 5.10. The van der Waals surface area contributed by atoms with Crippen molar-refractivity contribution in [2.75, 3.05) is 0 Å². The van der Waals surface area contributed by atoms with E-state index in [-0.39, 0.29) is 5.78 Å². The van der Waals surface area contributed by atoms with Gasteiger partial charge < -0.3 is 4.42 Å². The van der Waals surface area contributed by atoms with Crippen molar-refractivity contribution in [2.45, 2.75) is 23.6 Å². The largest absolute Gasteiger partial charge is 0.468 e. The van der Waals surface area contributed by atoms with Gasteiger partial charge in [-0.2, -0.15) is 0 Å². The molecule has 0 aliphatic rings. The SMILES string of the molecule is CC(=O)c1ccc(Sc2ccoc2C)cc1Br. The van der Waals surface area contributed by atoms with Gasteiger partial charge in [-0.25, -0.2) is 0 Å². The molecule has 1 aromatic carbocycles. The van der Waals surface area contributed by atoms with Gasteiger partial charge in [0.25, 0.3) is 0 Å². The number of carbonyl (C=O) groups is 1. The molecular formula is C13H11BrO2S. The van der Waals surface area contributed by atoms with Crippen molar-refractivity contribution in [1.82, 2.24) is 0 Å². The Bertz CT molecular complexity index is 560. The molecule has 0 fully saturated rings. The first-order chi connectivity index (χ1) is 8.08. The van der Waals surface area contributed by atoms with Crippen molar-refractivity contribution in [3.05, 3.63) is 46.3 Å². The molecule has 0 amide bonds. The van der Waals surface area contributed by atoms with Gasteiger partial charge in [-0.05, 0) is 38.1 Å². The minimum Gasteiger partial charge on any atom is -0.468 e. The van der Waals surface area contributed by atoms with E-state index in [1.807, 2.05) is 31.2 Å². The first kappa shape index (κ1) is 12.5. The normalized spacial score (nSPS) is 10.5. The maximum Gasteiger partial charge on any atom is 0.160 e. The Morgan fingerprint density at radius 1 is 1.35 bits per heavy atom.